The van der Waals surface area contributed by atoms with E-state index in [4.69, 9.17) is 4.98 Å². The lowest BCUT2D eigenvalue weighted by Crippen LogP contribution is -2.14. The topological polar surface area (TPSA) is 68.5 Å². The van der Waals surface area contributed by atoms with E-state index in [9.17, 15) is 0 Å². The fraction of sp³-hybridized carbons (Fsp3) is 0.238. The normalized spacial score (nSPS) is 12.3. The van der Waals surface area contributed by atoms with Gasteiger partial charge in [0.2, 0.25) is 0 Å². The third kappa shape index (κ3) is 3.38. The van der Waals surface area contributed by atoms with Gasteiger partial charge in [0.25, 0.3) is 0 Å². The van der Waals surface area contributed by atoms with Gasteiger partial charge >= 0.3 is 0 Å². The van der Waals surface area contributed by atoms with Crippen molar-refractivity contribution in [1.29, 1.82) is 0 Å². The van der Waals surface area contributed by atoms with E-state index >= 15 is 0 Å². The molecular formula is C21H22N6. The highest BCUT2D eigenvalue weighted by atomic mass is 15.1. The lowest BCUT2D eigenvalue weighted by Gasteiger charge is -2.16. The Morgan fingerprint density at radius 3 is 2.70 bits per heavy atom. The Bertz CT molecular complexity index is 1070. The number of para-hydroxylation sites is 2. The number of fused-ring (bicyclic) bond motifs is 1. The molecule has 1 unspecified atom stereocenters. The average molecular weight is 358 g/mol. The van der Waals surface area contributed by atoms with Crippen molar-refractivity contribution < 1.29 is 0 Å². The summed E-state index contributed by atoms with van der Waals surface area (Å²) in [6.45, 7) is 7.08. The van der Waals surface area contributed by atoms with Gasteiger partial charge in [0.15, 0.2) is 5.82 Å². The number of nitrogens with one attached hydrogen (secondary N) is 1. The van der Waals surface area contributed by atoms with Crippen molar-refractivity contribution in [3.8, 4) is 11.4 Å². The largest absolute Gasteiger partial charge is 0.360 e. The number of aromatic nitrogens is 5. The maximum atomic E-state index is 4.83. The third-order valence-electron chi connectivity index (χ3n) is 4.53. The minimum atomic E-state index is 0.00778. The molecule has 6 heteroatoms. The Hall–Kier alpha value is -3.28. The van der Waals surface area contributed by atoms with Crippen LogP contribution in [-0.4, -0.2) is 24.5 Å². The molecule has 0 aliphatic heterocycles. The molecule has 1 atom stereocenters. The summed E-state index contributed by atoms with van der Waals surface area (Å²) in [6, 6.07) is 14.0. The first-order chi connectivity index (χ1) is 13.2. The van der Waals surface area contributed by atoms with E-state index < -0.39 is 0 Å². The summed E-state index contributed by atoms with van der Waals surface area (Å²) in [6.07, 6.45) is 3.52. The molecule has 0 fully saturated rings. The van der Waals surface area contributed by atoms with Crippen LogP contribution in [0.5, 0.6) is 0 Å². The molecule has 0 radical (unpaired) electrons. The molecule has 136 valence electrons. The number of imidazole rings is 1. The van der Waals surface area contributed by atoms with Gasteiger partial charge in [0.05, 0.1) is 17.1 Å². The summed E-state index contributed by atoms with van der Waals surface area (Å²) in [4.78, 5) is 18.2. The predicted octanol–water partition coefficient (Wildman–Crippen LogP) is 4.39. The molecule has 3 heterocycles. The number of hydrogen-bond acceptors (Lipinski definition) is 5. The summed E-state index contributed by atoms with van der Waals surface area (Å²) in [5.41, 5.74) is 3.97. The van der Waals surface area contributed by atoms with E-state index in [0.717, 1.165) is 40.5 Å². The van der Waals surface area contributed by atoms with Crippen molar-refractivity contribution in [2.75, 3.05) is 5.32 Å². The monoisotopic (exact) mass is 358 g/mol. The number of anilines is 1. The third-order valence-corrected chi connectivity index (χ3v) is 4.53. The standard InChI is InChI=1S/C21H22N6/c1-4-27-18-10-6-5-9-17(18)25-21(27)15(3)24-19-12-14(2)23-20(26-19)16-8-7-11-22-13-16/h5-13,15H,4H2,1-3H3,(H,23,24,26). The molecule has 3 aromatic heterocycles. The molecule has 1 N–H and O–H groups in total. The first-order valence-corrected chi connectivity index (χ1v) is 9.13. The maximum absolute atomic E-state index is 4.83. The van der Waals surface area contributed by atoms with E-state index in [1.54, 1.807) is 12.4 Å². The second kappa shape index (κ2) is 7.15. The van der Waals surface area contributed by atoms with Gasteiger partial charge < -0.3 is 9.88 Å². The maximum Gasteiger partial charge on any atom is 0.163 e. The van der Waals surface area contributed by atoms with Crippen LogP contribution in [-0.2, 0) is 6.54 Å². The molecule has 4 aromatic rings. The Morgan fingerprint density at radius 1 is 1.07 bits per heavy atom. The highest BCUT2D eigenvalue weighted by molar-refractivity contribution is 5.76. The second-order valence-corrected chi connectivity index (χ2v) is 6.53. The first kappa shape index (κ1) is 17.1. The SMILES string of the molecule is CCn1c(C(C)Nc2cc(C)nc(-c3cccnc3)n2)nc2ccccc21. The highest BCUT2D eigenvalue weighted by Crippen LogP contribution is 2.24. The quantitative estimate of drug-likeness (QED) is 0.573. The molecule has 6 nitrogen and oxygen atoms in total. The van der Waals surface area contributed by atoms with Crippen LogP contribution in [0.4, 0.5) is 5.82 Å². The molecular weight excluding hydrogens is 336 g/mol. The zero-order valence-corrected chi connectivity index (χ0v) is 15.7. The lowest BCUT2D eigenvalue weighted by atomic mass is 10.2. The van der Waals surface area contributed by atoms with Gasteiger partial charge in [-0.15, -0.1) is 0 Å². The van der Waals surface area contributed by atoms with Crippen LogP contribution in [0.25, 0.3) is 22.4 Å². The molecule has 0 amide bonds. The fourth-order valence-electron chi connectivity index (χ4n) is 3.31. The van der Waals surface area contributed by atoms with Crippen LogP contribution in [0, 0.1) is 6.92 Å². The Morgan fingerprint density at radius 2 is 1.93 bits per heavy atom. The first-order valence-electron chi connectivity index (χ1n) is 9.13. The van der Waals surface area contributed by atoms with E-state index in [-0.39, 0.29) is 6.04 Å². The highest BCUT2D eigenvalue weighted by Gasteiger charge is 2.16. The van der Waals surface area contributed by atoms with Crippen LogP contribution in [0.3, 0.4) is 0 Å². The van der Waals surface area contributed by atoms with Crippen LogP contribution in [0.2, 0.25) is 0 Å². The molecule has 27 heavy (non-hydrogen) atoms. The van der Waals surface area contributed by atoms with Gasteiger partial charge in [-0.25, -0.2) is 15.0 Å². The second-order valence-electron chi connectivity index (χ2n) is 6.53. The summed E-state index contributed by atoms with van der Waals surface area (Å²) in [5.74, 6) is 2.45. The molecule has 0 saturated carbocycles. The fourth-order valence-corrected chi connectivity index (χ4v) is 3.31. The summed E-state index contributed by atoms with van der Waals surface area (Å²) >= 11 is 0. The molecule has 0 spiro atoms. The van der Waals surface area contributed by atoms with E-state index in [0.29, 0.717) is 5.82 Å². The van der Waals surface area contributed by atoms with Crippen molar-refractivity contribution in [1.82, 2.24) is 24.5 Å². The van der Waals surface area contributed by atoms with Gasteiger partial charge in [-0.05, 0) is 45.0 Å². The minimum Gasteiger partial charge on any atom is -0.360 e. The van der Waals surface area contributed by atoms with Crippen LogP contribution in [0.1, 0.15) is 31.4 Å². The molecule has 0 saturated heterocycles. The van der Waals surface area contributed by atoms with Gasteiger partial charge in [-0.2, -0.15) is 0 Å². The zero-order valence-electron chi connectivity index (χ0n) is 15.7. The van der Waals surface area contributed by atoms with Crippen LogP contribution >= 0.6 is 0 Å². The van der Waals surface area contributed by atoms with Crippen molar-refractivity contribution in [2.24, 2.45) is 0 Å². The molecule has 0 aliphatic rings. The molecule has 4 rings (SSSR count). The van der Waals surface area contributed by atoms with Crippen LogP contribution in [0.15, 0.2) is 54.9 Å². The number of pyridine rings is 1. The summed E-state index contributed by atoms with van der Waals surface area (Å²) < 4.78 is 2.24. The lowest BCUT2D eigenvalue weighted by molar-refractivity contribution is 0.672. The van der Waals surface area contributed by atoms with Crippen molar-refractivity contribution in [3.63, 3.8) is 0 Å². The zero-order chi connectivity index (χ0) is 18.8. The number of aryl methyl sites for hydroxylation is 2. The van der Waals surface area contributed by atoms with Crippen molar-refractivity contribution >= 4 is 16.9 Å². The van der Waals surface area contributed by atoms with Gasteiger partial charge in [-0.1, -0.05) is 12.1 Å². The van der Waals surface area contributed by atoms with Gasteiger partial charge in [0.1, 0.15) is 11.6 Å². The number of rotatable bonds is 5. The molecule has 1 aromatic carbocycles. The summed E-state index contributed by atoms with van der Waals surface area (Å²) in [7, 11) is 0. The predicted molar refractivity (Wildman–Crippen MR) is 107 cm³/mol. The van der Waals surface area contributed by atoms with E-state index in [1.165, 1.54) is 0 Å². The Kier molecular flexibility index (Phi) is 4.54. The van der Waals surface area contributed by atoms with Crippen LogP contribution < -0.4 is 5.32 Å². The molecule has 0 aliphatic carbocycles. The minimum absolute atomic E-state index is 0.00778. The van der Waals surface area contributed by atoms with Crippen molar-refractivity contribution in [3.05, 3.63) is 66.4 Å². The number of nitrogens with zero attached hydrogens (tertiary/aromatic N) is 5. The smallest absolute Gasteiger partial charge is 0.163 e. The van der Waals surface area contributed by atoms with Gasteiger partial charge in [0, 0.05) is 36.3 Å². The van der Waals surface area contributed by atoms with Crippen molar-refractivity contribution in [2.45, 2.75) is 33.4 Å². The average Bonchev–Trinajstić information content (AvgIpc) is 3.07. The Labute approximate surface area is 158 Å². The number of benzene rings is 1. The van der Waals surface area contributed by atoms with E-state index in [2.05, 4.69) is 44.7 Å². The molecule has 0 bridgehead atoms. The number of hydrogen-bond donors (Lipinski definition) is 1. The van der Waals surface area contributed by atoms with Gasteiger partial charge in [-0.3, -0.25) is 4.98 Å². The van der Waals surface area contributed by atoms with E-state index in [1.807, 2.05) is 43.3 Å². The Balaban J connectivity index is 1.67. The summed E-state index contributed by atoms with van der Waals surface area (Å²) in [5, 5.41) is 3.49.